The van der Waals surface area contributed by atoms with Gasteiger partial charge in [0.1, 0.15) is 5.75 Å². The fourth-order valence-corrected chi connectivity index (χ4v) is 1.07. The predicted molar refractivity (Wildman–Crippen MR) is 60.6 cm³/mol. The smallest absolute Gasteiger partial charge is 0.308 e. The molecule has 0 bridgehead atoms. The first-order valence-corrected chi connectivity index (χ1v) is 4.80. The van der Waals surface area contributed by atoms with Crippen molar-refractivity contribution in [1.29, 1.82) is 0 Å². The van der Waals surface area contributed by atoms with E-state index < -0.39 is 0 Å². The molecule has 4 heteroatoms. The van der Waals surface area contributed by atoms with Crippen LogP contribution in [-0.2, 0) is 9.59 Å². The number of esters is 1. The van der Waals surface area contributed by atoms with Crippen molar-refractivity contribution in [1.82, 2.24) is 5.32 Å². The SMILES string of the molecule is CC(=O)N/C=C/c1ccc(OC(C)=O)cc1. The molecule has 0 atom stereocenters. The molecule has 1 N–H and O–H groups in total. The molecule has 0 heterocycles. The van der Waals surface area contributed by atoms with Gasteiger partial charge in [0.15, 0.2) is 0 Å². The highest BCUT2D eigenvalue weighted by atomic mass is 16.5. The molecule has 0 spiro atoms. The number of amides is 1. The summed E-state index contributed by atoms with van der Waals surface area (Å²) in [6.45, 7) is 2.79. The van der Waals surface area contributed by atoms with Gasteiger partial charge in [-0.15, -0.1) is 0 Å². The summed E-state index contributed by atoms with van der Waals surface area (Å²) in [5.41, 5.74) is 0.907. The second-order valence-corrected chi connectivity index (χ2v) is 3.20. The van der Waals surface area contributed by atoms with E-state index in [-0.39, 0.29) is 11.9 Å². The van der Waals surface area contributed by atoms with Crippen LogP contribution in [0.2, 0.25) is 0 Å². The Morgan fingerprint density at radius 2 is 1.81 bits per heavy atom. The van der Waals surface area contributed by atoms with Crippen molar-refractivity contribution in [3.63, 3.8) is 0 Å². The topological polar surface area (TPSA) is 55.4 Å². The number of nitrogens with one attached hydrogen (secondary N) is 1. The van der Waals surface area contributed by atoms with Crippen molar-refractivity contribution >= 4 is 18.0 Å². The quantitative estimate of drug-likeness (QED) is 0.622. The molecule has 84 valence electrons. The molecule has 0 aromatic heterocycles. The van der Waals surface area contributed by atoms with Crippen molar-refractivity contribution in [2.24, 2.45) is 0 Å². The Bertz CT molecular complexity index is 407. The lowest BCUT2D eigenvalue weighted by Gasteiger charge is -2.00. The van der Waals surface area contributed by atoms with Gasteiger partial charge in [0.25, 0.3) is 0 Å². The molecule has 0 fully saturated rings. The van der Waals surface area contributed by atoms with Crippen LogP contribution >= 0.6 is 0 Å². The van der Waals surface area contributed by atoms with E-state index in [1.807, 2.05) is 0 Å². The lowest BCUT2D eigenvalue weighted by atomic mass is 10.2. The molecular formula is C12H13NO3. The minimum Gasteiger partial charge on any atom is -0.427 e. The molecule has 0 aliphatic rings. The van der Waals surface area contributed by atoms with E-state index in [2.05, 4.69) is 5.32 Å². The van der Waals surface area contributed by atoms with E-state index in [1.165, 1.54) is 13.8 Å². The third-order valence-electron chi connectivity index (χ3n) is 1.70. The number of rotatable bonds is 3. The first kappa shape index (κ1) is 12.0. The van der Waals surface area contributed by atoms with Gasteiger partial charge in [0.2, 0.25) is 5.91 Å². The largest absolute Gasteiger partial charge is 0.427 e. The monoisotopic (exact) mass is 219 g/mol. The molecule has 0 radical (unpaired) electrons. The van der Waals surface area contributed by atoms with Gasteiger partial charge in [-0.2, -0.15) is 0 Å². The Kier molecular flexibility index (Phi) is 4.27. The number of hydrogen-bond acceptors (Lipinski definition) is 3. The molecule has 0 saturated carbocycles. The summed E-state index contributed by atoms with van der Waals surface area (Å²) in [4.78, 5) is 21.3. The third-order valence-corrected chi connectivity index (χ3v) is 1.70. The maximum absolute atomic E-state index is 10.7. The van der Waals surface area contributed by atoms with Gasteiger partial charge in [-0.1, -0.05) is 12.1 Å². The Balaban J connectivity index is 2.60. The van der Waals surface area contributed by atoms with Gasteiger partial charge in [0, 0.05) is 20.0 Å². The summed E-state index contributed by atoms with van der Waals surface area (Å²) in [6.07, 6.45) is 3.31. The molecule has 1 aromatic rings. The molecule has 0 aliphatic carbocycles. The molecule has 1 rings (SSSR count). The first-order chi connectivity index (χ1) is 7.58. The second kappa shape index (κ2) is 5.70. The molecule has 0 saturated heterocycles. The number of carbonyl (C=O) groups is 2. The van der Waals surface area contributed by atoms with Crippen LogP contribution in [0.4, 0.5) is 0 Å². The van der Waals surface area contributed by atoms with E-state index in [4.69, 9.17) is 4.74 Å². The average Bonchev–Trinajstić information content (AvgIpc) is 2.19. The zero-order valence-electron chi connectivity index (χ0n) is 9.19. The first-order valence-electron chi connectivity index (χ1n) is 4.80. The molecule has 0 unspecified atom stereocenters. The highest BCUT2D eigenvalue weighted by Gasteiger charge is 1.96. The standard InChI is InChI=1S/C12H13NO3/c1-9(14)13-8-7-11-3-5-12(6-4-11)16-10(2)15/h3-8H,1-2H3,(H,13,14)/b8-7+. The van der Waals surface area contributed by atoms with Crippen molar-refractivity contribution in [2.75, 3.05) is 0 Å². The molecule has 16 heavy (non-hydrogen) atoms. The fraction of sp³-hybridized carbons (Fsp3) is 0.167. The summed E-state index contributed by atoms with van der Waals surface area (Å²) in [6, 6.07) is 6.96. The summed E-state index contributed by atoms with van der Waals surface area (Å²) in [7, 11) is 0. The summed E-state index contributed by atoms with van der Waals surface area (Å²) < 4.78 is 4.88. The van der Waals surface area contributed by atoms with Crippen LogP contribution in [0.5, 0.6) is 5.75 Å². The van der Waals surface area contributed by atoms with Gasteiger partial charge in [-0.3, -0.25) is 9.59 Å². The van der Waals surface area contributed by atoms with E-state index in [1.54, 1.807) is 36.5 Å². The Hall–Kier alpha value is -2.10. The molecule has 1 amide bonds. The highest BCUT2D eigenvalue weighted by molar-refractivity contribution is 5.75. The van der Waals surface area contributed by atoms with Crippen LogP contribution in [-0.4, -0.2) is 11.9 Å². The maximum Gasteiger partial charge on any atom is 0.308 e. The van der Waals surface area contributed by atoms with Crippen LogP contribution in [0.25, 0.3) is 6.08 Å². The molecular weight excluding hydrogens is 206 g/mol. The maximum atomic E-state index is 10.7. The van der Waals surface area contributed by atoms with Crippen molar-refractivity contribution in [3.05, 3.63) is 36.0 Å². The summed E-state index contributed by atoms with van der Waals surface area (Å²) in [5.74, 6) is 0.0403. The van der Waals surface area contributed by atoms with E-state index >= 15 is 0 Å². The Morgan fingerprint density at radius 1 is 1.19 bits per heavy atom. The van der Waals surface area contributed by atoms with Gasteiger partial charge in [-0.05, 0) is 23.8 Å². The lowest BCUT2D eigenvalue weighted by molar-refractivity contribution is -0.131. The highest BCUT2D eigenvalue weighted by Crippen LogP contribution is 2.12. The van der Waals surface area contributed by atoms with E-state index in [0.717, 1.165) is 5.56 Å². The summed E-state index contributed by atoms with van der Waals surface area (Å²) in [5, 5.41) is 2.54. The zero-order valence-corrected chi connectivity index (χ0v) is 9.19. The number of ether oxygens (including phenoxy) is 1. The number of carbonyl (C=O) groups excluding carboxylic acids is 2. The van der Waals surface area contributed by atoms with Crippen LogP contribution in [0.3, 0.4) is 0 Å². The summed E-state index contributed by atoms with van der Waals surface area (Å²) >= 11 is 0. The van der Waals surface area contributed by atoms with Gasteiger partial charge < -0.3 is 10.1 Å². The minimum absolute atomic E-state index is 0.118. The third kappa shape index (κ3) is 4.41. The zero-order chi connectivity index (χ0) is 12.0. The Labute approximate surface area is 93.9 Å². The fourth-order valence-electron chi connectivity index (χ4n) is 1.07. The Morgan fingerprint density at radius 3 is 2.31 bits per heavy atom. The molecule has 4 nitrogen and oxygen atoms in total. The van der Waals surface area contributed by atoms with Crippen molar-refractivity contribution < 1.29 is 14.3 Å². The predicted octanol–water partition coefficient (Wildman–Crippen LogP) is 1.72. The van der Waals surface area contributed by atoms with Crippen LogP contribution < -0.4 is 10.1 Å². The van der Waals surface area contributed by atoms with Crippen molar-refractivity contribution in [3.8, 4) is 5.75 Å². The molecule has 1 aromatic carbocycles. The minimum atomic E-state index is -0.346. The normalized spacial score (nSPS) is 10.1. The van der Waals surface area contributed by atoms with Crippen molar-refractivity contribution in [2.45, 2.75) is 13.8 Å². The van der Waals surface area contributed by atoms with Gasteiger partial charge in [-0.25, -0.2) is 0 Å². The number of hydrogen-bond donors (Lipinski definition) is 1. The van der Waals surface area contributed by atoms with Gasteiger partial charge >= 0.3 is 5.97 Å². The number of benzene rings is 1. The average molecular weight is 219 g/mol. The van der Waals surface area contributed by atoms with Crippen LogP contribution in [0.15, 0.2) is 30.5 Å². The molecule has 0 aliphatic heterocycles. The van der Waals surface area contributed by atoms with E-state index in [9.17, 15) is 9.59 Å². The van der Waals surface area contributed by atoms with E-state index in [0.29, 0.717) is 5.75 Å². The van der Waals surface area contributed by atoms with Crippen LogP contribution in [0, 0.1) is 0 Å². The van der Waals surface area contributed by atoms with Gasteiger partial charge in [0.05, 0.1) is 0 Å². The van der Waals surface area contributed by atoms with Crippen LogP contribution in [0.1, 0.15) is 19.4 Å². The lowest BCUT2D eigenvalue weighted by Crippen LogP contribution is -2.10. The second-order valence-electron chi connectivity index (χ2n) is 3.20.